The number of ketones is 1. The van der Waals surface area contributed by atoms with Gasteiger partial charge in [-0.2, -0.15) is 0 Å². The minimum absolute atomic E-state index is 0.0523. The van der Waals surface area contributed by atoms with Crippen molar-refractivity contribution in [1.82, 2.24) is 0 Å². The molecule has 1 saturated heterocycles. The molecule has 1 N–H and O–H groups in total. The van der Waals surface area contributed by atoms with Crippen LogP contribution in [0.1, 0.15) is 28.3 Å². The molecule has 0 radical (unpaired) electrons. The lowest BCUT2D eigenvalue weighted by atomic mass is 9.95. The molecule has 3 aromatic rings. The fourth-order valence-electron chi connectivity index (χ4n) is 3.89. The van der Waals surface area contributed by atoms with E-state index >= 15 is 0 Å². The highest BCUT2D eigenvalue weighted by atomic mass is 79.9. The summed E-state index contributed by atoms with van der Waals surface area (Å²) in [6, 6.07) is 19.2. The van der Waals surface area contributed by atoms with Crippen LogP contribution >= 0.6 is 15.9 Å². The van der Waals surface area contributed by atoms with Crippen LogP contribution in [0.3, 0.4) is 0 Å². The van der Waals surface area contributed by atoms with E-state index in [1.54, 1.807) is 25.3 Å². The van der Waals surface area contributed by atoms with Gasteiger partial charge in [-0.05, 0) is 76.8 Å². The Morgan fingerprint density at radius 1 is 0.969 bits per heavy atom. The third kappa shape index (κ3) is 3.71. The smallest absolute Gasteiger partial charge is 0.300 e. The van der Waals surface area contributed by atoms with Crippen LogP contribution in [0.5, 0.6) is 5.75 Å². The number of rotatable bonds is 4. The molecule has 1 aliphatic rings. The van der Waals surface area contributed by atoms with Gasteiger partial charge in [0.15, 0.2) is 0 Å². The molecular formula is C26H22BrNO4. The molecule has 1 atom stereocenters. The molecule has 0 aliphatic carbocycles. The van der Waals surface area contributed by atoms with Crippen LogP contribution in [0.4, 0.5) is 5.69 Å². The van der Waals surface area contributed by atoms with Crippen molar-refractivity contribution in [2.24, 2.45) is 0 Å². The average molecular weight is 492 g/mol. The number of carbonyl (C=O) groups excluding carboxylic acids is 2. The Balaban J connectivity index is 1.94. The van der Waals surface area contributed by atoms with E-state index in [-0.39, 0.29) is 11.3 Å². The van der Waals surface area contributed by atoms with Crippen molar-refractivity contribution in [2.45, 2.75) is 19.9 Å². The first kappa shape index (κ1) is 21.8. The monoisotopic (exact) mass is 491 g/mol. The summed E-state index contributed by atoms with van der Waals surface area (Å²) in [4.78, 5) is 27.9. The van der Waals surface area contributed by atoms with Gasteiger partial charge >= 0.3 is 0 Å². The van der Waals surface area contributed by atoms with Crippen molar-refractivity contribution < 1.29 is 19.4 Å². The number of amides is 1. The minimum Gasteiger partial charge on any atom is -0.507 e. The second kappa shape index (κ2) is 8.63. The zero-order chi connectivity index (χ0) is 23.0. The number of aliphatic hydroxyl groups excluding tert-OH is 1. The van der Waals surface area contributed by atoms with E-state index in [0.29, 0.717) is 21.5 Å². The molecule has 0 spiro atoms. The van der Waals surface area contributed by atoms with Crippen LogP contribution in [0.25, 0.3) is 5.76 Å². The third-order valence-corrected chi connectivity index (χ3v) is 6.37. The van der Waals surface area contributed by atoms with Gasteiger partial charge in [-0.3, -0.25) is 14.5 Å². The first-order valence-electron chi connectivity index (χ1n) is 10.1. The number of anilines is 1. The molecular weight excluding hydrogens is 470 g/mol. The molecule has 1 fully saturated rings. The molecule has 1 amide bonds. The molecule has 0 saturated carbocycles. The normalized spacial score (nSPS) is 17.6. The molecule has 1 unspecified atom stereocenters. The Bertz CT molecular complexity index is 1250. The number of aryl methyl sites for hydroxylation is 2. The van der Waals surface area contributed by atoms with Gasteiger partial charge in [0.05, 0.1) is 23.2 Å². The molecule has 162 valence electrons. The molecule has 0 bridgehead atoms. The molecule has 1 aliphatic heterocycles. The summed E-state index contributed by atoms with van der Waals surface area (Å²) in [6.45, 7) is 3.95. The Labute approximate surface area is 195 Å². The average Bonchev–Trinajstić information content (AvgIpc) is 3.06. The van der Waals surface area contributed by atoms with E-state index in [4.69, 9.17) is 4.74 Å². The van der Waals surface area contributed by atoms with Gasteiger partial charge in [0.25, 0.3) is 11.7 Å². The topological polar surface area (TPSA) is 66.8 Å². The maximum Gasteiger partial charge on any atom is 0.300 e. The fraction of sp³-hybridized carbons (Fsp3) is 0.154. The van der Waals surface area contributed by atoms with E-state index < -0.39 is 17.7 Å². The number of carbonyl (C=O) groups is 2. The van der Waals surface area contributed by atoms with Crippen LogP contribution in [0.15, 0.2) is 76.8 Å². The Hall–Kier alpha value is -3.38. The molecule has 3 aromatic carbocycles. The summed E-state index contributed by atoms with van der Waals surface area (Å²) in [5, 5.41) is 11.2. The lowest BCUT2D eigenvalue weighted by Gasteiger charge is -2.26. The second-order valence-electron chi connectivity index (χ2n) is 7.70. The van der Waals surface area contributed by atoms with Gasteiger partial charge in [0.2, 0.25) is 0 Å². The van der Waals surface area contributed by atoms with E-state index in [1.165, 1.54) is 4.90 Å². The van der Waals surface area contributed by atoms with Crippen molar-refractivity contribution in [3.05, 3.63) is 99.0 Å². The summed E-state index contributed by atoms with van der Waals surface area (Å²) in [5.41, 5.74) is 3.91. The van der Waals surface area contributed by atoms with Crippen LogP contribution in [0, 0.1) is 13.8 Å². The highest BCUT2D eigenvalue weighted by molar-refractivity contribution is 9.10. The predicted octanol–water partition coefficient (Wildman–Crippen LogP) is 5.70. The zero-order valence-corrected chi connectivity index (χ0v) is 19.5. The molecule has 6 heteroatoms. The van der Waals surface area contributed by atoms with E-state index in [9.17, 15) is 14.7 Å². The summed E-state index contributed by atoms with van der Waals surface area (Å²) >= 11 is 3.41. The van der Waals surface area contributed by atoms with Crippen molar-refractivity contribution in [3.8, 4) is 5.75 Å². The lowest BCUT2D eigenvalue weighted by molar-refractivity contribution is -0.132. The van der Waals surface area contributed by atoms with Gasteiger partial charge in [-0.1, -0.05) is 36.4 Å². The lowest BCUT2D eigenvalue weighted by Crippen LogP contribution is -2.29. The van der Waals surface area contributed by atoms with Crippen molar-refractivity contribution in [2.75, 3.05) is 12.0 Å². The first-order valence-corrected chi connectivity index (χ1v) is 10.9. The van der Waals surface area contributed by atoms with Crippen molar-refractivity contribution in [3.63, 3.8) is 0 Å². The molecule has 1 heterocycles. The summed E-state index contributed by atoms with van der Waals surface area (Å²) in [6.07, 6.45) is 0. The number of nitrogens with zero attached hydrogens (tertiary/aromatic N) is 1. The number of aliphatic hydroxyl groups is 1. The number of halogens is 1. The van der Waals surface area contributed by atoms with Crippen molar-refractivity contribution in [1.29, 1.82) is 0 Å². The van der Waals surface area contributed by atoms with Gasteiger partial charge < -0.3 is 9.84 Å². The summed E-state index contributed by atoms with van der Waals surface area (Å²) < 4.78 is 5.88. The van der Waals surface area contributed by atoms with Crippen LogP contribution in [-0.2, 0) is 9.59 Å². The van der Waals surface area contributed by atoms with Gasteiger partial charge in [0, 0.05) is 11.3 Å². The van der Waals surface area contributed by atoms with Crippen molar-refractivity contribution >= 4 is 39.1 Å². The number of benzene rings is 3. The highest BCUT2D eigenvalue weighted by Crippen LogP contribution is 2.43. The van der Waals surface area contributed by atoms with Gasteiger partial charge in [-0.15, -0.1) is 0 Å². The van der Waals surface area contributed by atoms with Gasteiger partial charge in [0.1, 0.15) is 11.5 Å². The Morgan fingerprint density at radius 2 is 1.69 bits per heavy atom. The molecule has 32 heavy (non-hydrogen) atoms. The quantitative estimate of drug-likeness (QED) is 0.288. The summed E-state index contributed by atoms with van der Waals surface area (Å²) in [5.74, 6) is -1.03. The Morgan fingerprint density at radius 3 is 2.31 bits per heavy atom. The van der Waals surface area contributed by atoms with Crippen LogP contribution in [-0.4, -0.2) is 23.9 Å². The second-order valence-corrected chi connectivity index (χ2v) is 8.55. The molecule has 0 aromatic heterocycles. The maximum atomic E-state index is 13.2. The number of Topliss-reactive ketones (excluding diaryl/α,β-unsaturated/α-hetero) is 1. The van der Waals surface area contributed by atoms with E-state index in [2.05, 4.69) is 15.9 Å². The maximum absolute atomic E-state index is 13.2. The zero-order valence-electron chi connectivity index (χ0n) is 17.9. The largest absolute Gasteiger partial charge is 0.507 e. The Kier molecular flexibility index (Phi) is 5.89. The number of methoxy groups -OCH3 is 1. The van der Waals surface area contributed by atoms with Crippen LogP contribution < -0.4 is 9.64 Å². The summed E-state index contributed by atoms with van der Waals surface area (Å²) in [7, 11) is 1.55. The molecule has 4 rings (SSSR count). The first-order chi connectivity index (χ1) is 15.3. The third-order valence-electron chi connectivity index (χ3n) is 5.75. The number of ether oxygens (including phenoxy) is 1. The predicted molar refractivity (Wildman–Crippen MR) is 128 cm³/mol. The molecule has 5 nitrogen and oxygen atoms in total. The SMILES string of the molecule is COc1ccc(/C(O)=C2\C(=O)C(=O)N(c3ccc(C)c(C)c3)C2c2ccccc2)cc1Br. The van der Waals surface area contributed by atoms with Crippen LogP contribution in [0.2, 0.25) is 0 Å². The van der Waals surface area contributed by atoms with E-state index in [0.717, 1.165) is 16.7 Å². The fourth-order valence-corrected chi connectivity index (χ4v) is 4.43. The standard InChI is InChI=1S/C26H22BrNO4/c1-15-9-11-19(13-16(15)2)28-23(17-7-5-4-6-8-17)22(25(30)26(28)31)24(29)18-10-12-21(32-3)20(27)14-18/h4-14,23,29H,1-3H3/b24-22+. The van der Waals surface area contributed by atoms with E-state index in [1.807, 2.05) is 62.4 Å². The highest BCUT2D eigenvalue weighted by Gasteiger charge is 2.47. The van der Waals surface area contributed by atoms with Gasteiger partial charge in [-0.25, -0.2) is 0 Å². The number of hydrogen-bond acceptors (Lipinski definition) is 4. The minimum atomic E-state index is -0.751. The number of hydrogen-bond donors (Lipinski definition) is 1.